The van der Waals surface area contributed by atoms with Crippen LogP contribution in [0.3, 0.4) is 0 Å². The summed E-state index contributed by atoms with van der Waals surface area (Å²) in [5.74, 6) is 0.307. The van der Waals surface area contributed by atoms with Gasteiger partial charge in [-0.05, 0) is 37.5 Å². The van der Waals surface area contributed by atoms with Gasteiger partial charge in [0.15, 0.2) is 5.78 Å². The van der Waals surface area contributed by atoms with Crippen molar-refractivity contribution in [1.82, 2.24) is 0 Å². The van der Waals surface area contributed by atoms with Gasteiger partial charge in [-0.3, -0.25) is 4.79 Å². The van der Waals surface area contributed by atoms with Crippen LogP contribution in [-0.4, -0.2) is 5.78 Å². The van der Waals surface area contributed by atoms with E-state index in [2.05, 4.69) is 26.8 Å². The fourth-order valence-corrected chi connectivity index (χ4v) is 2.66. The Morgan fingerprint density at radius 3 is 1.95 bits per heavy atom. The Hall–Kier alpha value is -1.11. The third kappa shape index (κ3) is 7.45. The summed E-state index contributed by atoms with van der Waals surface area (Å²) in [5, 5.41) is 0. The molecule has 1 aromatic rings. The van der Waals surface area contributed by atoms with Gasteiger partial charge < -0.3 is 0 Å². The van der Waals surface area contributed by atoms with E-state index in [9.17, 15) is 4.79 Å². The lowest BCUT2D eigenvalue weighted by molar-refractivity contribution is 0.0979. The van der Waals surface area contributed by atoms with E-state index in [0.717, 1.165) is 12.0 Å². The number of carbonyl (C=O) groups is 1. The molecule has 1 aromatic carbocycles. The number of hydrogen-bond donors (Lipinski definition) is 0. The molecule has 0 radical (unpaired) electrons. The topological polar surface area (TPSA) is 17.1 Å². The fraction of sp³-hybridized carbons (Fsp3) is 0.650. The molecule has 1 rings (SSSR count). The molecule has 0 amide bonds. The molecule has 0 unspecified atom stereocenters. The maximum Gasteiger partial charge on any atom is 0.162 e. The van der Waals surface area contributed by atoms with E-state index >= 15 is 0 Å². The molecule has 0 aromatic heterocycles. The number of ketones is 1. The molecule has 0 aliphatic heterocycles. The van der Waals surface area contributed by atoms with Crippen LogP contribution in [-0.2, 0) is 0 Å². The van der Waals surface area contributed by atoms with Gasteiger partial charge in [-0.1, -0.05) is 70.4 Å². The molecule has 21 heavy (non-hydrogen) atoms. The Morgan fingerprint density at radius 1 is 0.810 bits per heavy atom. The lowest BCUT2D eigenvalue weighted by atomic mass is 10.00. The van der Waals surface area contributed by atoms with Gasteiger partial charge in [0.25, 0.3) is 0 Å². The Kier molecular flexibility index (Phi) is 9.05. The van der Waals surface area contributed by atoms with Crippen molar-refractivity contribution in [3.63, 3.8) is 0 Å². The van der Waals surface area contributed by atoms with Gasteiger partial charge in [0.1, 0.15) is 0 Å². The quantitative estimate of drug-likeness (QED) is 0.340. The van der Waals surface area contributed by atoms with Gasteiger partial charge in [0, 0.05) is 12.0 Å². The number of unbranched alkanes of at least 4 members (excludes halogenated alkanes) is 8. The number of aryl methyl sites for hydroxylation is 2. The highest BCUT2D eigenvalue weighted by Crippen LogP contribution is 2.15. The predicted molar refractivity (Wildman–Crippen MR) is 92.1 cm³/mol. The van der Waals surface area contributed by atoms with Gasteiger partial charge >= 0.3 is 0 Å². The minimum atomic E-state index is 0.307. The lowest BCUT2D eigenvalue weighted by Crippen LogP contribution is -2.00. The molecule has 1 nitrogen and oxygen atoms in total. The first-order chi connectivity index (χ1) is 10.1. The summed E-state index contributed by atoms with van der Waals surface area (Å²) in [6.45, 7) is 6.42. The van der Waals surface area contributed by atoms with E-state index in [1.165, 1.54) is 62.5 Å². The average Bonchev–Trinajstić information content (AvgIpc) is 2.48. The van der Waals surface area contributed by atoms with Crippen LogP contribution < -0.4 is 0 Å². The molecule has 0 aliphatic carbocycles. The second-order valence-electron chi connectivity index (χ2n) is 6.30. The third-order valence-electron chi connectivity index (χ3n) is 4.34. The second kappa shape index (κ2) is 10.6. The van der Waals surface area contributed by atoms with Crippen LogP contribution in [0.4, 0.5) is 0 Å². The summed E-state index contributed by atoms with van der Waals surface area (Å²) in [5.41, 5.74) is 3.36. The van der Waals surface area contributed by atoms with Crippen LogP contribution in [0.1, 0.15) is 92.6 Å². The highest BCUT2D eigenvalue weighted by atomic mass is 16.1. The standard InChI is InChI=1S/C20H32O/c1-4-5-6-7-8-9-10-11-12-13-20(21)19-15-14-17(2)18(3)16-19/h14-16H,4-13H2,1-3H3. The first kappa shape index (κ1) is 17.9. The predicted octanol–water partition coefficient (Wildman–Crippen LogP) is 6.41. The van der Waals surface area contributed by atoms with Crippen LogP contribution in [0.2, 0.25) is 0 Å². The van der Waals surface area contributed by atoms with E-state index in [4.69, 9.17) is 0 Å². The molecule has 0 atom stereocenters. The SMILES string of the molecule is CCCCCCCCCCCC(=O)c1ccc(C)c(C)c1. The minimum Gasteiger partial charge on any atom is -0.294 e. The Balaban J connectivity index is 2.09. The zero-order valence-electron chi connectivity index (χ0n) is 14.2. The van der Waals surface area contributed by atoms with Crippen molar-refractivity contribution in [2.45, 2.75) is 85.0 Å². The first-order valence-electron chi connectivity index (χ1n) is 8.75. The number of rotatable bonds is 11. The van der Waals surface area contributed by atoms with Crippen LogP contribution in [0.25, 0.3) is 0 Å². The Labute approximate surface area is 131 Å². The van der Waals surface area contributed by atoms with Crippen LogP contribution in [0, 0.1) is 13.8 Å². The normalized spacial score (nSPS) is 10.8. The Morgan fingerprint density at radius 2 is 1.38 bits per heavy atom. The molecule has 0 heterocycles. The van der Waals surface area contributed by atoms with E-state index in [1.807, 2.05) is 12.1 Å². The van der Waals surface area contributed by atoms with Crippen LogP contribution >= 0.6 is 0 Å². The van der Waals surface area contributed by atoms with E-state index in [-0.39, 0.29) is 0 Å². The summed E-state index contributed by atoms with van der Waals surface area (Å²) >= 11 is 0. The molecule has 118 valence electrons. The smallest absolute Gasteiger partial charge is 0.162 e. The maximum atomic E-state index is 12.1. The fourth-order valence-electron chi connectivity index (χ4n) is 2.66. The van der Waals surface area contributed by atoms with Crippen molar-refractivity contribution in [3.05, 3.63) is 34.9 Å². The molecule has 0 spiro atoms. The third-order valence-corrected chi connectivity index (χ3v) is 4.34. The Bertz CT molecular complexity index is 420. The largest absolute Gasteiger partial charge is 0.294 e. The van der Waals surface area contributed by atoms with Gasteiger partial charge in [-0.15, -0.1) is 0 Å². The molecular weight excluding hydrogens is 256 g/mol. The average molecular weight is 288 g/mol. The molecular formula is C20H32O. The zero-order valence-corrected chi connectivity index (χ0v) is 14.2. The van der Waals surface area contributed by atoms with Crippen molar-refractivity contribution in [2.75, 3.05) is 0 Å². The second-order valence-corrected chi connectivity index (χ2v) is 6.30. The number of hydrogen-bond acceptors (Lipinski definition) is 1. The van der Waals surface area contributed by atoms with Crippen LogP contribution in [0.5, 0.6) is 0 Å². The molecule has 1 heteroatoms. The van der Waals surface area contributed by atoms with E-state index in [1.54, 1.807) is 0 Å². The van der Waals surface area contributed by atoms with Gasteiger partial charge in [0.2, 0.25) is 0 Å². The first-order valence-corrected chi connectivity index (χ1v) is 8.75. The summed E-state index contributed by atoms with van der Waals surface area (Å²) in [4.78, 5) is 12.1. The number of Topliss-reactive ketones (excluding diaryl/α,β-unsaturated/α-hetero) is 1. The molecule has 0 fully saturated rings. The van der Waals surface area contributed by atoms with Crippen molar-refractivity contribution < 1.29 is 4.79 Å². The monoisotopic (exact) mass is 288 g/mol. The molecule has 0 saturated carbocycles. The van der Waals surface area contributed by atoms with E-state index < -0.39 is 0 Å². The van der Waals surface area contributed by atoms with Gasteiger partial charge in [0.05, 0.1) is 0 Å². The lowest BCUT2D eigenvalue weighted by Gasteiger charge is -2.05. The summed E-state index contributed by atoms with van der Waals surface area (Å²) in [6.07, 6.45) is 12.4. The van der Waals surface area contributed by atoms with Crippen LogP contribution in [0.15, 0.2) is 18.2 Å². The van der Waals surface area contributed by atoms with Crippen molar-refractivity contribution >= 4 is 5.78 Å². The molecule has 0 bridgehead atoms. The molecule has 0 N–H and O–H groups in total. The van der Waals surface area contributed by atoms with Crippen molar-refractivity contribution in [3.8, 4) is 0 Å². The molecule has 0 saturated heterocycles. The summed E-state index contributed by atoms with van der Waals surface area (Å²) < 4.78 is 0. The van der Waals surface area contributed by atoms with Crippen molar-refractivity contribution in [2.24, 2.45) is 0 Å². The number of benzene rings is 1. The van der Waals surface area contributed by atoms with Gasteiger partial charge in [-0.25, -0.2) is 0 Å². The van der Waals surface area contributed by atoms with E-state index in [0.29, 0.717) is 12.2 Å². The summed E-state index contributed by atoms with van der Waals surface area (Å²) in [7, 11) is 0. The molecule has 0 aliphatic rings. The summed E-state index contributed by atoms with van der Waals surface area (Å²) in [6, 6.07) is 6.06. The minimum absolute atomic E-state index is 0.307. The van der Waals surface area contributed by atoms with Crippen molar-refractivity contribution in [1.29, 1.82) is 0 Å². The zero-order chi connectivity index (χ0) is 15.5. The maximum absolute atomic E-state index is 12.1. The van der Waals surface area contributed by atoms with Gasteiger partial charge in [-0.2, -0.15) is 0 Å². The highest BCUT2D eigenvalue weighted by molar-refractivity contribution is 5.96. The number of carbonyl (C=O) groups excluding carboxylic acids is 1. The highest BCUT2D eigenvalue weighted by Gasteiger charge is 2.06.